The van der Waals surface area contributed by atoms with Crippen molar-refractivity contribution in [1.29, 1.82) is 0 Å². The number of rotatable bonds is 6. The van der Waals surface area contributed by atoms with Gasteiger partial charge in [-0.1, -0.05) is 55.4 Å². The molecule has 0 unspecified atom stereocenters. The van der Waals surface area contributed by atoms with Gasteiger partial charge in [0.15, 0.2) is 5.16 Å². The third-order valence-corrected chi connectivity index (χ3v) is 6.82. The van der Waals surface area contributed by atoms with Crippen molar-refractivity contribution in [3.63, 3.8) is 0 Å². The van der Waals surface area contributed by atoms with E-state index in [-0.39, 0.29) is 5.56 Å². The second-order valence-electron chi connectivity index (χ2n) is 6.70. The fraction of sp³-hybridized carbons (Fsp3) is 0.400. The largest absolute Gasteiger partial charge is 0.301 e. The first-order valence-corrected chi connectivity index (χ1v) is 11.0. The first kappa shape index (κ1) is 17.8. The van der Waals surface area contributed by atoms with Gasteiger partial charge in [0.05, 0.1) is 5.39 Å². The summed E-state index contributed by atoms with van der Waals surface area (Å²) in [7, 11) is 0. The molecule has 0 spiro atoms. The number of hydrogen-bond donors (Lipinski definition) is 1. The van der Waals surface area contributed by atoms with E-state index in [0.29, 0.717) is 0 Å². The Bertz CT molecular complexity index is 949. The van der Waals surface area contributed by atoms with Crippen LogP contribution < -0.4 is 5.56 Å². The number of H-pyrrole nitrogens is 1. The van der Waals surface area contributed by atoms with E-state index in [2.05, 4.69) is 47.1 Å². The van der Waals surface area contributed by atoms with Crippen molar-refractivity contribution >= 4 is 33.3 Å². The number of hydrogen-bond acceptors (Lipinski definition) is 5. The fourth-order valence-corrected chi connectivity index (χ4v) is 5.66. The van der Waals surface area contributed by atoms with Gasteiger partial charge in [0.1, 0.15) is 4.83 Å². The van der Waals surface area contributed by atoms with Crippen LogP contribution in [0.15, 0.2) is 40.3 Å². The van der Waals surface area contributed by atoms with Gasteiger partial charge >= 0.3 is 0 Å². The Labute approximate surface area is 161 Å². The molecule has 0 saturated heterocycles. The Hall–Kier alpha value is -1.63. The Kier molecular flexibility index (Phi) is 5.43. The molecular formula is C20H23N3OS2. The van der Waals surface area contributed by atoms with Crippen molar-refractivity contribution in [2.45, 2.75) is 44.4 Å². The number of fused-ring (bicyclic) bond motifs is 3. The highest BCUT2D eigenvalue weighted by molar-refractivity contribution is 7.99. The van der Waals surface area contributed by atoms with Gasteiger partial charge in [-0.3, -0.25) is 9.69 Å². The lowest BCUT2D eigenvalue weighted by Gasteiger charge is -2.26. The maximum atomic E-state index is 12.6. The van der Waals surface area contributed by atoms with E-state index < -0.39 is 0 Å². The molecular weight excluding hydrogens is 362 g/mol. The van der Waals surface area contributed by atoms with Gasteiger partial charge in [0, 0.05) is 30.3 Å². The molecule has 0 amide bonds. The van der Waals surface area contributed by atoms with Gasteiger partial charge in [-0.05, 0) is 24.0 Å². The molecule has 2 aromatic heterocycles. The monoisotopic (exact) mass is 385 g/mol. The van der Waals surface area contributed by atoms with Crippen molar-refractivity contribution in [3.8, 4) is 0 Å². The van der Waals surface area contributed by atoms with E-state index >= 15 is 0 Å². The molecule has 4 nitrogen and oxygen atoms in total. The minimum Gasteiger partial charge on any atom is -0.301 e. The quantitative estimate of drug-likeness (QED) is 0.387. The van der Waals surface area contributed by atoms with E-state index in [9.17, 15) is 4.79 Å². The number of aromatic amines is 1. The third kappa shape index (κ3) is 3.72. The van der Waals surface area contributed by atoms with Crippen LogP contribution in [-0.2, 0) is 19.5 Å². The summed E-state index contributed by atoms with van der Waals surface area (Å²) in [6.07, 6.45) is 3.22. The van der Waals surface area contributed by atoms with Crippen LogP contribution in [0.5, 0.6) is 0 Å². The van der Waals surface area contributed by atoms with Gasteiger partial charge in [0.2, 0.25) is 0 Å². The lowest BCUT2D eigenvalue weighted by Crippen LogP contribution is -2.29. The first-order chi connectivity index (χ1) is 12.7. The smallest absolute Gasteiger partial charge is 0.260 e. The molecule has 0 aliphatic carbocycles. The van der Waals surface area contributed by atoms with E-state index in [1.807, 2.05) is 0 Å². The van der Waals surface area contributed by atoms with Gasteiger partial charge < -0.3 is 4.98 Å². The summed E-state index contributed by atoms with van der Waals surface area (Å²) in [5, 5.41) is 1.58. The van der Waals surface area contributed by atoms with Crippen LogP contribution in [0.1, 0.15) is 35.8 Å². The summed E-state index contributed by atoms with van der Waals surface area (Å²) in [5.74, 6) is 1.00. The maximum Gasteiger partial charge on any atom is 0.260 e. The minimum absolute atomic E-state index is 0.0306. The van der Waals surface area contributed by atoms with Gasteiger partial charge in [0.25, 0.3) is 5.56 Å². The Morgan fingerprint density at radius 1 is 1.31 bits per heavy atom. The molecule has 0 atom stereocenters. The summed E-state index contributed by atoms with van der Waals surface area (Å²) in [6, 6.07) is 10.6. The van der Waals surface area contributed by atoms with Crippen LogP contribution >= 0.6 is 23.1 Å². The molecule has 1 N–H and O–H groups in total. The van der Waals surface area contributed by atoms with Crippen LogP contribution in [0.25, 0.3) is 10.2 Å². The molecule has 26 heavy (non-hydrogen) atoms. The number of benzene rings is 1. The molecule has 0 radical (unpaired) electrons. The zero-order valence-electron chi connectivity index (χ0n) is 15.0. The van der Waals surface area contributed by atoms with Crippen molar-refractivity contribution in [1.82, 2.24) is 14.9 Å². The molecule has 0 fully saturated rings. The Balaban J connectivity index is 1.57. The molecule has 6 heteroatoms. The molecule has 4 rings (SSSR count). The first-order valence-electron chi connectivity index (χ1n) is 9.18. The van der Waals surface area contributed by atoms with Crippen LogP contribution in [0.2, 0.25) is 0 Å². The van der Waals surface area contributed by atoms with Crippen molar-refractivity contribution in [2.24, 2.45) is 0 Å². The average Bonchev–Trinajstić information content (AvgIpc) is 3.01. The van der Waals surface area contributed by atoms with E-state index in [1.54, 1.807) is 23.1 Å². The zero-order valence-corrected chi connectivity index (χ0v) is 16.6. The fourth-order valence-electron chi connectivity index (χ4n) is 3.39. The second kappa shape index (κ2) is 7.94. The number of thioether (sulfide) groups is 1. The molecule has 3 aromatic rings. The van der Waals surface area contributed by atoms with Crippen molar-refractivity contribution in [2.75, 3.05) is 12.3 Å². The highest BCUT2D eigenvalue weighted by Crippen LogP contribution is 2.33. The minimum atomic E-state index is 0.0306. The Morgan fingerprint density at radius 3 is 2.96 bits per heavy atom. The number of nitrogens with zero attached hydrogens (tertiary/aromatic N) is 2. The van der Waals surface area contributed by atoms with Gasteiger partial charge in [-0.2, -0.15) is 0 Å². The zero-order chi connectivity index (χ0) is 17.9. The molecule has 1 aliphatic rings. The van der Waals surface area contributed by atoms with E-state index in [4.69, 9.17) is 4.98 Å². The predicted octanol–water partition coefficient (Wildman–Crippen LogP) is 4.44. The van der Waals surface area contributed by atoms with Gasteiger partial charge in [-0.15, -0.1) is 11.3 Å². The van der Waals surface area contributed by atoms with Crippen molar-refractivity contribution in [3.05, 3.63) is 56.7 Å². The number of nitrogens with one attached hydrogen (secondary N) is 1. The van der Waals surface area contributed by atoms with E-state index in [0.717, 1.165) is 60.0 Å². The molecule has 0 saturated carbocycles. The lowest BCUT2D eigenvalue weighted by atomic mass is 10.0. The highest BCUT2D eigenvalue weighted by atomic mass is 32.2. The molecule has 136 valence electrons. The predicted molar refractivity (Wildman–Crippen MR) is 110 cm³/mol. The summed E-state index contributed by atoms with van der Waals surface area (Å²) < 4.78 is 0. The lowest BCUT2D eigenvalue weighted by molar-refractivity contribution is 0.249. The summed E-state index contributed by atoms with van der Waals surface area (Å²) in [5.41, 5.74) is 2.58. The SMILES string of the molecule is CCCCSc1nc2sc3c(c2c(=O)[nH]1)CCN(Cc1ccccc1)C3. The molecule has 1 aliphatic heterocycles. The molecule has 1 aromatic carbocycles. The van der Waals surface area contributed by atoms with Crippen LogP contribution in [0, 0.1) is 0 Å². The highest BCUT2D eigenvalue weighted by Gasteiger charge is 2.23. The van der Waals surface area contributed by atoms with Crippen LogP contribution in [-0.4, -0.2) is 27.2 Å². The number of unbranched alkanes of at least 4 members (excludes halogenated alkanes) is 1. The van der Waals surface area contributed by atoms with Crippen LogP contribution in [0.3, 0.4) is 0 Å². The topological polar surface area (TPSA) is 49.0 Å². The summed E-state index contributed by atoms with van der Waals surface area (Å²) >= 11 is 3.35. The number of thiophene rings is 1. The Morgan fingerprint density at radius 2 is 2.15 bits per heavy atom. The van der Waals surface area contributed by atoms with Crippen LogP contribution in [0.4, 0.5) is 0 Å². The second-order valence-corrected chi connectivity index (χ2v) is 8.87. The van der Waals surface area contributed by atoms with Crippen molar-refractivity contribution < 1.29 is 0 Å². The molecule has 0 bridgehead atoms. The molecule has 3 heterocycles. The number of aromatic nitrogens is 2. The third-order valence-electron chi connectivity index (χ3n) is 4.75. The standard InChI is InChI=1S/C20H23N3OS2/c1-2-3-11-25-20-21-18(24)17-15-9-10-23(12-14-7-5-4-6-8-14)13-16(15)26-19(17)22-20/h4-8H,2-3,9-13H2,1H3,(H,21,22,24). The summed E-state index contributed by atoms with van der Waals surface area (Å²) in [6.45, 7) is 5.02. The average molecular weight is 386 g/mol. The summed E-state index contributed by atoms with van der Waals surface area (Å²) in [4.78, 5) is 25.0. The van der Waals surface area contributed by atoms with Gasteiger partial charge in [-0.25, -0.2) is 4.98 Å². The van der Waals surface area contributed by atoms with E-state index in [1.165, 1.54) is 16.0 Å². The normalized spacial score (nSPS) is 14.7. The maximum absolute atomic E-state index is 12.6.